The van der Waals surface area contributed by atoms with E-state index in [1.807, 2.05) is 48.5 Å². The molecule has 1 N–H and O–H groups in total. The molecule has 0 aliphatic carbocycles. The van der Waals surface area contributed by atoms with E-state index in [4.69, 9.17) is 4.42 Å². The molecule has 0 spiro atoms. The number of benzene rings is 2. The van der Waals surface area contributed by atoms with Crippen LogP contribution in [0, 0.1) is 0 Å². The lowest BCUT2D eigenvalue weighted by Crippen LogP contribution is -1.99. The van der Waals surface area contributed by atoms with Crippen molar-refractivity contribution >= 4 is 0 Å². The first kappa shape index (κ1) is 13.6. The van der Waals surface area contributed by atoms with Crippen molar-refractivity contribution in [2.75, 3.05) is 0 Å². The van der Waals surface area contributed by atoms with Crippen molar-refractivity contribution in [3.63, 3.8) is 0 Å². The highest BCUT2D eigenvalue weighted by molar-refractivity contribution is 5.55. The molecule has 0 radical (unpaired) electrons. The van der Waals surface area contributed by atoms with Gasteiger partial charge >= 0.3 is 0 Å². The molecule has 0 aliphatic rings. The van der Waals surface area contributed by atoms with Crippen LogP contribution in [0.3, 0.4) is 0 Å². The quantitative estimate of drug-likeness (QED) is 0.767. The molecule has 0 amide bonds. The van der Waals surface area contributed by atoms with Crippen molar-refractivity contribution in [3.8, 4) is 11.3 Å². The van der Waals surface area contributed by atoms with Gasteiger partial charge in [0.25, 0.3) is 0 Å². The maximum atomic E-state index is 10.2. The van der Waals surface area contributed by atoms with Crippen LogP contribution in [-0.2, 0) is 6.42 Å². The second-order valence-electron chi connectivity index (χ2n) is 4.97. The largest absolute Gasteiger partial charge is 0.438 e. The summed E-state index contributed by atoms with van der Waals surface area (Å²) in [6.07, 6.45) is 2.38. The number of aromatic nitrogens is 1. The molecule has 0 fully saturated rings. The summed E-state index contributed by atoms with van der Waals surface area (Å²) >= 11 is 0. The minimum Gasteiger partial charge on any atom is -0.438 e. The molecule has 21 heavy (non-hydrogen) atoms. The molecular weight excluding hydrogens is 262 g/mol. The van der Waals surface area contributed by atoms with E-state index in [1.54, 1.807) is 6.20 Å². The van der Waals surface area contributed by atoms with Crippen molar-refractivity contribution in [1.29, 1.82) is 0 Å². The third-order valence-corrected chi connectivity index (χ3v) is 3.42. The first-order valence-electron chi connectivity index (χ1n) is 7.06. The third kappa shape index (κ3) is 3.38. The van der Waals surface area contributed by atoms with Crippen LogP contribution >= 0.6 is 0 Å². The average molecular weight is 279 g/mol. The number of hydrogen-bond donors (Lipinski definition) is 1. The Morgan fingerprint density at radius 2 is 1.62 bits per heavy atom. The Kier molecular flexibility index (Phi) is 4.12. The summed E-state index contributed by atoms with van der Waals surface area (Å²) in [5.41, 5.74) is 2.16. The molecule has 3 rings (SSSR count). The highest BCUT2D eigenvalue weighted by atomic mass is 16.4. The van der Waals surface area contributed by atoms with Crippen molar-refractivity contribution in [2.45, 2.75) is 18.9 Å². The number of nitrogens with zero attached hydrogens (tertiary/aromatic N) is 1. The Balaban J connectivity index is 1.66. The lowest BCUT2D eigenvalue weighted by atomic mass is 10.1. The second-order valence-corrected chi connectivity index (χ2v) is 4.97. The van der Waals surface area contributed by atoms with Gasteiger partial charge in [0.2, 0.25) is 5.89 Å². The van der Waals surface area contributed by atoms with Crippen LogP contribution in [-0.4, -0.2) is 10.1 Å². The van der Waals surface area contributed by atoms with Gasteiger partial charge in [-0.05, 0) is 18.4 Å². The lowest BCUT2D eigenvalue weighted by molar-refractivity contribution is 0.135. The van der Waals surface area contributed by atoms with Gasteiger partial charge in [0.1, 0.15) is 6.10 Å². The Morgan fingerprint density at radius 1 is 0.952 bits per heavy atom. The summed E-state index contributed by atoms with van der Waals surface area (Å²) in [6.45, 7) is 0. The Hall–Kier alpha value is -2.39. The van der Waals surface area contributed by atoms with Gasteiger partial charge < -0.3 is 9.52 Å². The van der Waals surface area contributed by atoms with E-state index in [0.29, 0.717) is 18.1 Å². The summed E-state index contributed by atoms with van der Waals surface area (Å²) in [5, 5.41) is 10.2. The Morgan fingerprint density at radius 3 is 2.33 bits per heavy atom. The fourth-order valence-corrected chi connectivity index (χ4v) is 2.25. The molecule has 0 saturated heterocycles. The summed E-state index contributed by atoms with van der Waals surface area (Å²) < 4.78 is 5.66. The molecule has 3 heteroatoms. The van der Waals surface area contributed by atoms with Gasteiger partial charge in [-0.25, -0.2) is 4.98 Å². The molecule has 0 saturated carbocycles. The van der Waals surface area contributed by atoms with E-state index in [0.717, 1.165) is 12.0 Å². The van der Waals surface area contributed by atoms with E-state index in [-0.39, 0.29) is 0 Å². The summed E-state index contributed by atoms with van der Waals surface area (Å²) in [5.74, 6) is 1.06. The standard InChI is InChI=1S/C18H17NO2/c20-16(12-11-14-7-3-1-4-8-14)18-19-13-17(21-18)15-9-5-2-6-10-15/h1-10,13,16,20H,11-12H2. The van der Waals surface area contributed by atoms with Crippen molar-refractivity contribution in [2.24, 2.45) is 0 Å². The molecule has 1 unspecified atom stereocenters. The molecule has 2 aromatic carbocycles. The monoisotopic (exact) mass is 279 g/mol. The highest BCUT2D eigenvalue weighted by Crippen LogP contribution is 2.24. The fraction of sp³-hybridized carbons (Fsp3) is 0.167. The summed E-state index contributed by atoms with van der Waals surface area (Å²) in [4.78, 5) is 4.19. The SMILES string of the molecule is OC(CCc1ccccc1)c1ncc(-c2ccccc2)o1. The van der Waals surface area contributed by atoms with Crippen LogP contribution in [0.5, 0.6) is 0 Å². The van der Waals surface area contributed by atoms with Crippen LogP contribution in [0.4, 0.5) is 0 Å². The predicted octanol–water partition coefficient (Wildman–Crippen LogP) is 4.01. The zero-order valence-corrected chi connectivity index (χ0v) is 11.6. The number of aliphatic hydroxyl groups is 1. The average Bonchev–Trinajstić information content (AvgIpc) is 3.04. The predicted molar refractivity (Wildman–Crippen MR) is 81.7 cm³/mol. The maximum absolute atomic E-state index is 10.2. The molecule has 3 nitrogen and oxygen atoms in total. The second kappa shape index (κ2) is 6.37. The van der Waals surface area contributed by atoms with Crippen LogP contribution in [0.2, 0.25) is 0 Å². The van der Waals surface area contributed by atoms with Gasteiger partial charge in [-0.15, -0.1) is 0 Å². The van der Waals surface area contributed by atoms with Gasteiger partial charge in [0.15, 0.2) is 5.76 Å². The molecule has 1 heterocycles. The number of aliphatic hydroxyl groups excluding tert-OH is 1. The lowest BCUT2D eigenvalue weighted by Gasteiger charge is -2.06. The number of oxazole rings is 1. The van der Waals surface area contributed by atoms with Gasteiger partial charge in [-0.1, -0.05) is 60.7 Å². The van der Waals surface area contributed by atoms with E-state index in [2.05, 4.69) is 17.1 Å². The number of aryl methyl sites for hydroxylation is 1. The fourth-order valence-electron chi connectivity index (χ4n) is 2.25. The highest BCUT2D eigenvalue weighted by Gasteiger charge is 2.15. The van der Waals surface area contributed by atoms with E-state index >= 15 is 0 Å². The number of rotatable bonds is 5. The topological polar surface area (TPSA) is 46.3 Å². The van der Waals surface area contributed by atoms with Crippen LogP contribution in [0.25, 0.3) is 11.3 Å². The Labute approximate surface area is 123 Å². The van der Waals surface area contributed by atoms with Crippen molar-refractivity contribution < 1.29 is 9.52 Å². The van der Waals surface area contributed by atoms with Gasteiger partial charge in [-0.2, -0.15) is 0 Å². The van der Waals surface area contributed by atoms with Crippen molar-refractivity contribution in [1.82, 2.24) is 4.98 Å². The maximum Gasteiger partial charge on any atom is 0.223 e. The first-order chi connectivity index (χ1) is 10.3. The van der Waals surface area contributed by atoms with Gasteiger partial charge in [0, 0.05) is 5.56 Å². The third-order valence-electron chi connectivity index (χ3n) is 3.42. The molecular formula is C18H17NO2. The molecule has 106 valence electrons. The molecule has 1 aromatic heterocycles. The minimum atomic E-state index is -0.678. The zero-order chi connectivity index (χ0) is 14.5. The summed E-state index contributed by atoms with van der Waals surface area (Å²) in [6, 6.07) is 19.9. The van der Waals surface area contributed by atoms with Crippen LogP contribution < -0.4 is 0 Å². The first-order valence-corrected chi connectivity index (χ1v) is 7.06. The summed E-state index contributed by atoms with van der Waals surface area (Å²) in [7, 11) is 0. The van der Waals surface area contributed by atoms with E-state index in [1.165, 1.54) is 5.56 Å². The Bertz CT molecular complexity index is 677. The zero-order valence-electron chi connectivity index (χ0n) is 11.6. The molecule has 0 aliphatic heterocycles. The molecule has 1 atom stereocenters. The van der Waals surface area contributed by atoms with Gasteiger partial charge in [-0.3, -0.25) is 0 Å². The molecule has 3 aromatic rings. The van der Waals surface area contributed by atoms with E-state index in [9.17, 15) is 5.11 Å². The normalized spacial score (nSPS) is 12.2. The van der Waals surface area contributed by atoms with E-state index < -0.39 is 6.10 Å². The smallest absolute Gasteiger partial charge is 0.223 e. The van der Waals surface area contributed by atoms with Gasteiger partial charge in [0.05, 0.1) is 6.20 Å². The minimum absolute atomic E-state index is 0.379. The van der Waals surface area contributed by atoms with Crippen LogP contribution in [0.1, 0.15) is 24.0 Å². The van der Waals surface area contributed by atoms with Crippen LogP contribution in [0.15, 0.2) is 71.3 Å². The molecule has 0 bridgehead atoms. The van der Waals surface area contributed by atoms with Crippen molar-refractivity contribution in [3.05, 3.63) is 78.3 Å². The number of hydrogen-bond acceptors (Lipinski definition) is 3.